The second-order valence-corrected chi connectivity index (χ2v) is 6.60. The summed E-state index contributed by atoms with van der Waals surface area (Å²) in [6.07, 6.45) is 1.08. The van der Waals surface area contributed by atoms with Crippen molar-refractivity contribution in [2.45, 2.75) is 27.2 Å². The maximum atomic E-state index is 5.08. The Kier molecular flexibility index (Phi) is 7.05. The molecular formula is C16H26BrNO. The van der Waals surface area contributed by atoms with Crippen LogP contribution in [0.1, 0.15) is 26.3 Å². The third-order valence-corrected chi connectivity index (χ3v) is 4.73. The van der Waals surface area contributed by atoms with Crippen LogP contribution in [0.5, 0.6) is 0 Å². The van der Waals surface area contributed by atoms with Gasteiger partial charge in [0.1, 0.15) is 0 Å². The Labute approximate surface area is 126 Å². The van der Waals surface area contributed by atoms with Gasteiger partial charge >= 0.3 is 0 Å². The maximum Gasteiger partial charge on any atom is 0.0587 e. The molecule has 1 atom stereocenters. The van der Waals surface area contributed by atoms with E-state index in [9.17, 15) is 0 Å². The highest BCUT2D eigenvalue weighted by molar-refractivity contribution is 9.10. The molecule has 1 N–H and O–H groups in total. The normalized spacial score (nSPS) is 14.6. The smallest absolute Gasteiger partial charge is 0.0587 e. The van der Waals surface area contributed by atoms with Gasteiger partial charge in [0.05, 0.1) is 6.61 Å². The van der Waals surface area contributed by atoms with E-state index in [1.165, 1.54) is 10.0 Å². The van der Waals surface area contributed by atoms with Gasteiger partial charge in [-0.15, -0.1) is 0 Å². The molecule has 0 aliphatic heterocycles. The summed E-state index contributed by atoms with van der Waals surface area (Å²) >= 11 is 3.65. The highest BCUT2D eigenvalue weighted by Crippen LogP contribution is 2.33. The molecular weight excluding hydrogens is 302 g/mol. The minimum Gasteiger partial charge on any atom is -0.383 e. The van der Waals surface area contributed by atoms with Crippen LogP contribution in [-0.4, -0.2) is 26.8 Å². The van der Waals surface area contributed by atoms with Gasteiger partial charge in [-0.05, 0) is 29.4 Å². The first-order chi connectivity index (χ1) is 8.99. The van der Waals surface area contributed by atoms with Crippen molar-refractivity contribution in [3.8, 4) is 0 Å². The topological polar surface area (TPSA) is 21.3 Å². The summed E-state index contributed by atoms with van der Waals surface area (Å²) in [6, 6.07) is 8.50. The van der Waals surface area contributed by atoms with Gasteiger partial charge in [-0.3, -0.25) is 0 Å². The molecule has 2 nitrogen and oxygen atoms in total. The molecule has 0 spiro atoms. The SMILES string of the molecule is COCCNCC(C)(Cc1ccccc1Br)C(C)C. The second-order valence-electron chi connectivity index (χ2n) is 5.75. The monoisotopic (exact) mass is 327 g/mol. The van der Waals surface area contributed by atoms with Crippen LogP contribution in [-0.2, 0) is 11.2 Å². The van der Waals surface area contributed by atoms with Crippen LogP contribution in [0.15, 0.2) is 28.7 Å². The highest BCUT2D eigenvalue weighted by Gasteiger charge is 2.28. The lowest BCUT2D eigenvalue weighted by Gasteiger charge is -2.34. The van der Waals surface area contributed by atoms with Crippen molar-refractivity contribution in [1.29, 1.82) is 0 Å². The Morgan fingerprint density at radius 2 is 2.00 bits per heavy atom. The van der Waals surface area contributed by atoms with E-state index in [0.29, 0.717) is 5.92 Å². The number of ether oxygens (including phenoxy) is 1. The number of benzene rings is 1. The largest absolute Gasteiger partial charge is 0.383 e. The molecule has 1 rings (SSSR count). The van der Waals surface area contributed by atoms with Crippen molar-refractivity contribution in [3.05, 3.63) is 34.3 Å². The van der Waals surface area contributed by atoms with Gasteiger partial charge in [-0.25, -0.2) is 0 Å². The summed E-state index contributed by atoms with van der Waals surface area (Å²) in [6.45, 7) is 9.65. The summed E-state index contributed by atoms with van der Waals surface area (Å²) in [5.74, 6) is 0.620. The molecule has 0 saturated heterocycles. The molecule has 0 fully saturated rings. The first-order valence-electron chi connectivity index (χ1n) is 6.92. The second kappa shape index (κ2) is 8.03. The standard InChI is InChI=1S/C16H26BrNO/c1-13(2)16(3,12-18-9-10-19-4)11-14-7-5-6-8-15(14)17/h5-8,13,18H,9-12H2,1-4H3. The van der Waals surface area contributed by atoms with Crippen molar-refractivity contribution >= 4 is 15.9 Å². The Hall–Kier alpha value is -0.380. The molecule has 108 valence electrons. The van der Waals surface area contributed by atoms with Crippen LogP contribution in [0.4, 0.5) is 0 Å². The summed E-state index contributed by atoms with van der Waals surface area (Å²) in [4.78, 5) is 0. The number of hydrogen-bond acceptors (Lipinski definition) is 2. The fourth-order valence-corrected chi connectivity index (χ4v) is 2.52. The van der Waals surface area contributed by atoms with Crippen LogP contribution < -0.4 is 5.32 Å². The predicted molar refractivity (Wildman–Crippen MR) is 85.5 cm³/mol. The fourth-order valence-electron chi connectivity index (χ4n) is 2.10. The Bertz CT molecular complexity index is 381. The molecule has 0 amide bonds. The number of nitrogens with one attached hydrogen (secondary N) is 1. The van der Waals surface area contributed by atoms with E-state index in [2.05, 4.69) is 66.3 Å². The molecule has 1 aromatic rings. The zero-order chi connectivity index (χ0) is 14.3. The molecule has 1 aromatic carbocycles. The maximum absolute atomic E-state index is 5.08. The van der Waals surface area contributed by atoms with Gasteiger partial charge < -0.3 is 10.1 Å². The predicted octanol–water partition coefficient (Wildman–Crippen LogP) is 3.89. The van der Waals surface area contributed by atoms with Crippen molar-refractivity contribution in [1.82, 2.24) is 5.32 Å². The first-order valence-corrected chi connectivity index (χ1v) is 7.72. The minimum absolute atomic E-state index is 0.248. The Balaban J connectivity index is 2.68. The van der Waals surface area contributed by atoms with E-state index in [-0.39, 0.29) is 5.41 Å². The summed E-state index contributed by atoms with van der Waals surface area (Å²) in [5, 5.41) is 3.51. The molecule has 19 heavy (non-hydrogen) atoms. The molecule has 0 saturated carbocycles. The van der Waals surface area contributed by atoms with Gasteiger partial charge in [-0.1, -0.05) is 54.9 Å². The average Bonchev–Trinajstić information content (AvgIpc) is 2.37. The molecule has 3 heteroatoms. The van der Waals surface area contributed by atoms with Crippen molar-refractivity contribution < 1.29 is 4.74 Å². The van der Waals surface area contributed by atoms with E-state index in [0.717, 1.165) is 26.1 Å². The third-order valence-electron chi connectivity index (χ3n) is 3.96. The average molecular weight is 328 g/mol. The van der Waals surface area contributed by atoms with E-state index >= 15 is 0 Å². The highest BCUT2D eigenvalue weighted by atomic mass is 79.9. The van der Waals surface area contributed by atoms with Gasteiger partial charge in [0, 0.05) is 24.7 Å². The summed E-state index contributed by atoms with van der Waals surface area (Å²) < 4.78 is 6.29. The first kappa shape index (κ1) is 16.7. The summed E-state index contributed by atoms with van der Waals surface area (Å²) in [7, 11) is 1.74. The van der Waals surface area contributed by atoms with E-state index in [1.807, 2.05) is 0 Å². The molecule has 0 heterocycles. The van der Waals surface area contributed by atoms with Gasteiger partial charge in [-0.2, -0.15) is 0 Å². The minimum atomic E-state index is 0.248. The van der Waals surface area contributed by atoms with E-state index < -0.39 is 0 Å². The van der Waals surface area contributed by atoms with E-state index in [4.69, 9.17) is 4.74 Å². The zero-order valence-corrected chi connectivity index (χ0v) is 14.1. The van der Waals surface area contributed by atoms with Gasteiger partial charge in [0.25, 0.3) is 0 Å². The van der Waals surface area contributed by atoms with Crippen molar-refractivity contribution in [2.75, 3.05) is 26.8 Å². The van der Waals surface area contributed by atoms with Crippen LogP contribution >= 0.6 is 15.9 Å². The van der Waals surface area contributed by atoms with Crippen molar-refractivity contribution in [3.63, 3.8) is 0 Å². The third kappa shape index (κ3) is 5.25. The van der Waals surface area contributed by atoms with Gasteiger partial charge in [0.15, 0.2) is 0 Å². The zero-order valence-electron chi connectivity index (χ0n) is 12.5. The number of rotatable bonds is 8. The Morgan fingerprint density at radius 1 is 1.32 bits per heavy atom. The molecule has 0 bridgehead atoms. The Morgan fingerprint density at radius 3 is 2.58 bits per heavy atom. The van der Waals surface area contributed by atoms with Gasteiger partial charge in [0.2, 0.25) is 0 Å². The van der Waals surface area contributed by atoms with Crippen LogP contribution in [0.3, 0.4) is 0 Å². The van der Waals surface area contributed by atoms with Crippen LogP contribution in [0.25, 0.3) is 0 Å². The molecule has 0 aliphatic rings. The molecule has 0 radical (unpaired) electrons. The lowest BCUT2D eigenvalue weighted by atomic mass is 9.74. The fraction of sp³-hybridized carbons (Fsp3) is 0.625. The number of hydrogen-bond donors (Lipinski definition) is 1. The quantitative estimate of drug-likeness (QED) is 0.731. The molecule has 0 aromatic heterocycles. The number of halogens is 1. The lowest BCUT2D eigenvalue weighted by Crippen LogP contribution is -2.39. The molecule has 1 unspecified atom stereocenters. The number of methoxy groups -OCH3 is 1. The molecule has 0 aliphatic carbocycles. The lowest BCUT2D eigenvalue weighted by molar-refractivity contribution is 0.175. The van der Waals surface area contributed by atoms with Crippen molar-refractivity contribution in [2.24, 2.45) is 11.3 Å². The van der Waals surface area contributed by atoms with E-state index in [1.54, 1.807) is 7.11 Å². The summed E-state index contributed by atoms with van der Waals surface area (Å²) in [5.41, 5.74) is 1.63. The van der Waals surface area contributed by atoms with Crippen LogP contribution in [0, 0.1) is 11.3 Å². The van der Waals surface area contributed by atoms with Crippen LogP contribution in [0.2, 0.25) is 0 Å².